The SMILES string of the molecule is CC(C)(C)OC(=O)[C@@H](Cc1ccccc1)N1C(=O)N(N=C(c2ccccc2)c2ccccc2)C/C1=C/c1ccccc1.CC(C)(C)OC(=O)[C@@H](Cc1ccccc1)NC(=O)N(CC#Cc1ccccc1)N=C(c1ccccc1)c1ccccc1. The number of carbonyl (C=O) groups is 4. The number of hydrazone groups is 2. The first kappa shape index (κ1) is 60.0. The number of ether oxygens (including phenoxy) is 2. The minimum absolute atomic E-state index is 0.00370. The second-order valence-corrected chi connectivity index (χ2v) is 21.8. The molecule has 1 fully saturated rings. The number of benzene rings is 8. The summed E-state index contributed by atoms with van der Waals surface area (Å²) in [4.78, 5) is 56.8. The van der Waals surface area contributed by atoms with E-state index in [0.717, 1.165) is 44.5 Å². The Kier molecular flexibility index (Phi) is 20.7. The molecule has 424 valence electrons. The standard InChI is InChI=1S/2C36H35N3O3/c1-36(2,3)42-34(40)32(25-28-18-10-5-11-19-28)39-31(24-27-16-8-4-9-17-27)26-38(35(39)41)37-33(29-20-12-6-13-21-29)30-22-14-7-15-23-30;1-36(2,3)42-34(40)32(27-29-19-10-5-11-20-29)37-35(41)39(26-16-21-28-17-8-4-9-18-28)38-33(30-22-12-6-13-23-30)31-24-14-7-15-25-31/h4-24,32H,25-26H2,1-3H3;4-15,17-20,22-25,32H,26-27H2,1-3H3,(H,37,41)/b31-24-;/t2*32-/m11/s1. The van der Waals surface area contributed by atoms with E-state index in [2.05, 4.69) is 17.2 Å². The Balaban J connectivity index is 0.000000219. The van der Waals surface area contributed by atoms with Gasteiger partial charge in [0.25, 0.3) is 0 Å². The van der Waals surface area contributed by atoms with E-state index < -0.39 is 41.3 Å². The molecule has 0 aliphatic carbocycles. The molecule has 1 aliphatic rings. The van der Waals surface area contributed by atoms with E-state index >= 15 is 0 Å². The monoisotopic (exact) mass is 1110 g/mol. The van der Waals surface area contributed by atoms with Crippen LogP contribution < -0.4 is 5.32 Å². The summed E-state index contributed by atoms with van der Waals surface area (Å²) in [6.45, 7) is 11.1. The molecule has 1 saturated heterocycles. The van der Waals surface area contributed by atoms with Gasteiger partial charge in [0.1, 0.15) is 29.8 Å². The van der Waals surface area contributed by atoms with Gasteiger partial charge in [-0.3, -0.25) is 4.90 Å². The normalized spacial score (nSPS) is 13.2. The first-order chi connectivity index (χ1) is 40.6. The number of nitrogens with zero attached hydrogens (tertiary/aromatic N) is 5. The van der Waals surface area contributed by atoms with E-state index in [-0.39, 0.29) is 25.5 Å². The van der Waals surface area contributed by atoms with Crippen LogP contribution in [0.4, 0.5) is 9.59 Å². The predicted molar refractivity (Wildman–Crippen MR) is 334 cm³/mol. The van der Waals surface area contributed by atoms with Crippen molar-refractivity contribution in [2.24, 2.45) is 10.2 Å². The Hall–Kier alpha value is -10.1. The number of hydrogen-bond donors (Lipinski definition) is 1. The molecular formula is C72H70N6O6. The molecule has 4 amide bonds. The molecule has 0 bridgehead atoms. The van der Waals surface area contributed by atoms with Crippen LogP contribution >= 0.6 is 0 Å². The van der Waals surface area contributed by atoms with Gasteiger partial charge in [0.15, 0.2) is 0 Å². The fraction of sp³-hybridized carbons (Fsp3) is 0.194. The highest BCUT2D eigenvalue weighted by Gasteiger charge is 2.43. The zero-order valence-electron chi connectivity index (χ0n) is 48.3. The van der Waals surface area contributed by atoms with E-state index in [4.69, 9.17) is 19.7 Å². The lowest BCUT2D eigenvalue weighted by Crippen LogP contribution is -2.49. The molecule has 0 saturated carbocycles. The van der Waals surface area contributed by atoms with Crippen LogP contribution in [0, 0.1) is 11.8 Å². The number of nitrogens with one attached hydrogen (secondary N) is 1. The predicted octanol–water partition coefficient (Wildman–Crippen LogP) is 13.6. The zero-order valence-corrected chi connectivity index (χ0v) is 48.3. The van der Waals surface area contributed by atoms with Gasteiger partial charge < -0.3 is 14.8 Å². The van der Waals surface area contributed by atoms with Crippen molar-refractivity contribution in [1.29, 1.82) is 0 Å². The van der Waals surface area contributed by atoms with Crippen molar-refractivity contribution in [2.75, 3.05) is 13.1 Å². The lowest BCUT2D eigenvalue weighted by molar-refractivity contribution is -0.160. The van der Waals surface area contributed by atoms with Crippen molar-refractivity contribution < 1.29 is 28.7 Å². The maximum absolute atomic E-state index is 14.3. The van der Waals surface area contributed by atoms with Crippen LogP contribution in [0.2, 0.25) is 0 Å². The summed E-state index contributed by atoms with van der Waals surface area (Å²) in [5.41, 5.74) is 7.51. The van der Waals surface area contributed by atoms with Gasteiger partial charge in [-0.2, -0.15) is 10.2 Å². The molecule has 2 atom stereocenters. The van der Waals surface area contributed by atoms with Gasteiger partial charge in [-0.1, -0.05) is 242 Å². The number of esters is 2. The van der Waals surface area contributed by atoms with Crippen LogP contribution in [-0.4, -0.2) is 86.7 Å². The van der Waals surface area contributed by atoms with Crippen molar-refractivity contribution in [3.05, 3.63) is 293 Å². The highest BCUT2D eigenvalue weighted by Crippen LogP contribution is 2.30. The van der Waals surface area contributed by atoms with Crippen LogP contribution in [0.25, 0.3) is 6.08 Å². The molecule has 12 nitrogen and oxygen atoms in total. The second-order valence-electron chi connectivity index (χ2n) is 21.8. The van der Waals surface area contributed by atoms with Crippen LogP contribution in [0.5, 0.6) is 0 Å². The quantitative estimate of drug-likeness (QED) is 0.0443. The molecule has 12 heteroatoms. The Morgan fingerprint density at radius 2 is 0.952 bits per heavy atom. The van der Waals surface area contributed by atoms with E-state index in [1.807, 2.05) is 270 Å². The maximum atomic E-state index is 14.3. The van der Waals surface area contributed by atoms with Gasteiger partial charge in [0.2, 0.25) is 0 Å². The van der Waals surface area contributed by atoms with Crippen LogP contribution in [0.3, 0.4) is 0 Å². The minimum atomic E-state index is -0.934. The molecule has 1 heterocycles. The van der Waals surface area contributed by atoms with Gasteiger partial charge in [-0.25, -0.2) is 29.2 Å². The maximum Gasteiger partial charge on any atom is 0.345 e. The van der Waals surface area contributed by atoms with Gasteiger partial charge in [0.05, 0.1) is 18.0 Å². The van der Waals surface area contributed by atoms with Gasteiger partial charge in [-0.05, 0) is 76.4 Å². The van der Waals surface area contributed by atoms with Crippen molar-refractivity contribution in [2.45, 2.75) is 77.7 Å². The minimum Gasteiger partial charge on any atom is -0.458 e. The average Bonchev–Trinajstić information content (AvgIpc) is 3.20. The van der Waals surface area contributed by atoms with Crippen molar-refractivity contribution in [3.63, 3.8) is 0 Å². The van der Waals surface area contributed by atoms with Crippen molar-refractivity contribution in [1.82, 2.24) is 20.2 Å². The lowest BCUT2D eigenvalue weighted by Gasteiger charge is -2.30. The summed E-state index contributed by atoms with van der Waals surface area (Å²) in [6.07, 6.45) is 2.51. The third kappa shape index (κ3) is 17.9. The van der Waals surface area contributed by atoms with Gasteiger partial charge in [-0.15, -0.1) is 0 Å². The molecule has 9 rings (SSSR count). The van der Waals surface area contributed by atoms with E-state index in [1.54, 1.807) is 25.7 Å². The highest BCUT2D eigenvalue weighted by molar-refractivity contribution is 6.14. The van der Waals surface area contributed by atoms with Crippen LogP contribution in [0.15, 0.2) is 259 Å². The number of urea groups is 2. The van der Waals surface area contributed by atoms with Crippen molar-refractivity contribution >= 4 is 41.5 Å². The molecule has 8 aromatic rings. The fourth-order valence-electron chi connectivity index (χ4n) is 9.02. The Labute approximate surface area is 493 Å². The number of rotatable bonds is 16. The molecule has 1 aliphatic heterocycles. The lowest BCUT2D eigenvalue weighted by atomic mass is 10.0. The summed E-state index contributed by atoms with van der Waals surface area (Å²) >= 11 is 0. The zero-order chi connectivity index (χ0) is 59.3. The first-order valence-corrected chi connectivity index (χ1v) is 28.0. The number of hydrogen-bond acceptors (Lipinski definition) is 8. The Morgan fingerprint density at radius 3 is 1.42 bits per heavy atom. The molecule has 0 unspecified atom stereocenters. The highest BCUT2D eigenvalue weighted by atomic mass is 16.6. The molecule has 84 heavy (non-hydrogen) atoms. The first-order valence-electron chi connectivity index (χ1n) is 28.0. The molecule has 8 aromatic carbocycles. The molecule has 0 spiro atoms. The number of amides is 4. The van der Waals surface area contributed by atoms with Crippen LogP contribution in [-0.2, 0) is 31.9 Å². The van der Waals surface area contributed by atoms with E-state index in [1.165, 1.54) is 10.0 Å². The Morgan fingerprint density at radius 1 is 0.548 bits per heavy atom. The molecule has 0 aromatic heterocycles. The summed E-state index contributed by atoms with van der Waals surface area (Å²) in [6, 6.07) is 74.7. The summed E-state index contributed by atoms with van der Waals surface area (Å²) in [7, 11) is 0. The molecule has 1 N–H and O–H groups in total. The summed E-state index contributed by atoms with van der Waals surface area (Å²) < 4.78 is 11.5. The van der Waals surface area contributed by atoms with Crippen molar-refractivity contribution in [3.8, 4) is 11.8 Å². The summed E-state index contributed by atoms with van der Waals surface area (Å²) in [5.74, 6) is 5.19. The topological polar surface area (TPSA) is 133 Å². The molecular weight excluding hydrogens is 1040 g/mol. The van der Waals surface area contributed by atoms with E-state index in [9.17, 15) is 19.2 Å². The summed E-state index contributed by atoms with van der Waals surface area (Å²) in [5, 5.41) is 15.4. The van der Waals surface area contributed by atoms with Gasteiger partial charge in [0, 0.05) is 46.4 Å². The van der Waals surface area contributed by atoms with Gasteiger partial charge >= 0.3 is 24.0 Å². The van der Waals surface area contributed by atoms with Crippen LogP contribution in [0.1, 0.15) is 86.1 Å². The Bertz CT molecular complexity index is 3500. The van der Waals surface area contributed by atoms with E-state index in [0.29, 0.717) is 23.5 Å². The largest absolute Gasteiger partial charge is 0.458 e. The third-order valence-corrected chi connectivity index (χ3v) is 12.8. The molecule has 0 radical (unpaired) electrons. The fourth-order valence-corrected chi connectivity index (χ4v) is 9.02. The smallest absolute Gasteiger partial charge is 0.345 e. The third-order valence-electron chi connectivity index (χ3n) is 12.8. The second kappa shape index (κ2) is 29.0. The number of carbonyl (C=O) groups excluding carboxylic acids is 4. The average molecular weight is 1120 g/mol.